The van der Waals surface area contributed by atoms with Crippen molar-refractivity contribution in [3.63, 3.8) is 0 Å². The van der Waals surface area contributed by atoms with Gasteiger partial charge in [0.25, 0.3) is 0 Å². The second-order valence-corrected chi connectivity index (χ2v) is 0. The topological polar surface area (TPSA) is 17.1 Å². The summed E-state index contributed by atoms with van der Waals surface area (Å²) in [6.45, 7) is 0. The Balaban J connectivity index is -0.00000000500. The molecule has 0 aliphatic rings. The van der Waals surface area contributed by atoms with Crippen LogP contribution in [0.5, 0.6) is 0 Å². The molecule has 0 amide bonds. The predicted octanol–water partition coefficient (Wildman–Crippen LogP) is -2.60. The van der Waals surface area contributed by atoms with Crippen molar-refractivity contribution in [2.45, 2.75) is 0 Å². The molecule has 0 atom stereocenters. The van der Waals surface area contributed by atoms with Crippen LogP contribution in [0.4, 0.5) is 0 Å². The number of hydrogen-bond donors (Lipinski definition) is 0. The van der Waals surface area contributed by atoms with Crippen LogP contribution in [-0.4, -0.2) is 71.4 Å². The van der Waals surface area contributed by atoms with E-state index in [2.05, 4.69) is 0 Å². The molecule has 2 radical (unpaired) electrons. The molecule has 0 saturated heterocycles. The van der Waals surface area contributed by atoms with Crippen molar-refractivity contribution < 1.29 is 3.08 Å². The van der Waals surface area contributed by atoms with Crippen molar-refractivity contribution in [3.8, 4) is 0 Å². The van der Waals surface area contributed by atoms with Crippen LogP contribution in [0.3, 0.4) is 0 Å². The van der Waals surface area contributed by atoms with E-state index in [1.807, 2.05) is 0 Å². The van der Waals surface area contributed by atoms with Crippen molar-refractivity contribution in [1.29, 1.82) is 0 Å². The summed E-state index contributed by atoms with van der Waals surface area (Å²) >= 11 is 0.300. The van der Waals surface area contributed by atoms with Crippen LogP contribution in [0.1, 0.15) is 0 Å². The third kappa shape index (κ3) is 8.87. The van der Waals surface area contributed by atoms with Gasteiger partial charge < -0.3 is 0 Å². The van der Waals surface area contributed by atoms with Crippen LogP contribution in [-0.2, 0) is 3.08 Å². The zero-order chi connectivity index (χ0) is 2.00. The molecule has 4 heteroatoms. The maximum atomic E-state index is 8.34. The Morgan fingerprint density at radius 1 is 1.25 bits per heavy atom. The first-order chi connectivity index (χ1) is 1.00. The van der Waals surface area contributed by atoms with E-state index in [0.29, 0.717) is 22.5 Å². The Morgan fingerprint density at radius 2 is 1.25 bits per heavy atom. The van der Waals surface area contributed by atoms with Gasteiger partial charge in [-0.15, -0.1) is 0 Å². The standard InChI is InChI=1S/In.Mg.O.Sn.5H. The first kappa shape index (κ1) is 16.3. The van der Waals surface area contributed by atoms with E-state index in [-0.39, 0.29) is 48.9 Å². The minimum absolute atomic E-state index is 0. The predicted molar refractivity (Wildman–Crippen MR) is 24.9 cm³/mol. The third-order valence-corrected chi connectivity index (χ3v) is 0. The minimum atomic E-state index is 0. The summed E-state index contributed by atoms with van der Waals surface area (Å²) in [5.41, 5.74) is 0. The molecule has 0 aromatic heterocycles. The second-order valence-electron chi connectivity index (χ2n) is 0. The van der Waals surface area contributed by atoms with Crippen molar-refractivity contribution in [2.24, 2.45) is 0 Å². The Kier molecular flexibility index (Phi) is 76.7. The number of hydrogen-bond acceptors (Lipinski definition) is 1. The molecule has 0 rings (SSSR count). The van der Waals surface area contributed by atoms with E-state index in [4.69, 9.17) is 3.08 Å². The molecular weight excluding hydrogens is 274 g/mol. The zero-order valence-corrected chi connectivity index (χ0v) is 3.76. The van der Waals surface area contributed by atoms with E-state index >= 15 is 0 Å². The molecule has 0 fully saturated rings. The Labute approximate surface area is 73.3 Å². The van der Waals surface area contributed by atoms with Crippen LogP contribution in [0, 0.1) is 0 Å². The number of rotatable bonds is 0. The van der Waals surface area contributed by atoms with Crippen molar-refractivity contribution in [3.05, 3.63) is 0 Å². The molecule has 4 heavy (non-hydrogen) atoms. The monoisotopic (exact) mass is 280 g/mol. The van der Waals surface area contributed by atoms with Gasteiger partial charge in [-0.2, -0.15) is 0 Å². The van der Waals surface area contributed by atoms with E-state index in [1.165, 1.54) is 0 Å². The fourth-order valence-corrected chi connectivity index (χ4v) is 0. The molecule has 20 valence electrons. The Hall–Kier alpha value is 2.24. The van der Waals surface area contributed by atoms with Crippen molar-refractivity contribution >= 4 is 71.4 Å². The molecule has 0 aromatic rings. The summed E-state index contributed by atoms with van der Waals surface area (Å²) in [6, 6.07) is 0. The van der Waals surface area contributed by atoms with E-state index in [1.54, 1.807) is 0 Å². The van der Waals surface area contributed by atoms with Gasteiger partial charge in [0.05, 0.1) is 0 Å². The van der Waals surface area contributed by atoms with Gasteiger partial charge in [0.15, 0.2) is 0 Å². The quantitative estimate of drug-likeness (QED) is 0.444. The molecular formula is H5InMgOSn. The molecule has 1 nitrogen and oxygen atoms in total. The summed E-state index contributed by atoms with van der Waals surface area (Å²) in [4.78, 5) is 0. The van der Waals surface area contributed by atoms with E-state index in [9.17, 15) is 0 Å². The fourth-order valence-electron chi connectivity index (χ4n) is 0. The zero-order valence-electron chi connectivity index (χ0n) is 0.908. The summed E-state index contributed by atoms with van der Waals surface area (Å²) < 4.78 is 8.34. The van der Waals surface area contributed by atoms with Crippen LogP contribution in [0.25, 0.3) is 0 Å². The second kappa shape index (κ2) is 18.8. The van der Waals surface area contributed by atoms with Gasteiger partial charge in [0, 0.05) is 0 Å². The van der Waals surface area contributed by atoms with Crippen molar-refractivity contribution in [2.75, 3.05) is 0 Å². The molecule has 0 aliphatic carbocycles. The molecule has 0 heterocycles. The Morgan fingerprint density at radius 3 is 1.25 bits per heavy atom. The first-order valence-corrected chi connectivity index (χ1v) is 1.37. The van der Waals surface area contributed by atoms with Gasteiger partial charge in [0.1, 0.15) is 0 Å². The summed E-state index contributed by atoms with van der Waals surface area (Å²) in [7, 11) is 0. The molecule has 0 N–H and O–H groups in total. The molecule has 0 spiro atoms. The average Bonchev–Trinajstić information content (AvgIpc) is 1.00. The van der Waals surface area contributed by atoms with E-state index < -0.39 is 0 Å². The normalized spacial score (nSPS) is 1.00. The van der Waals surface area contributed by atoms with Crippen LogP contribution < -0.4 is 0 Å². The SMILES string of the molecule is [InH3].[MgH2].[O]=[Sn]. The summed E-state index contributed by atoms with van der Waals surface area (Å²) in [6.07, 6.45) is 0. The van der Waals surface area contributed by atoms with Gasteiger partial charge in [-0.25, -0.2) is 0 Å². The first-order valence-electron chi connectivity index (χ1n) is 0.204. The van der Waals surface area contributed by atoms with Crippen LogP contribution in [0.2, 0.25) is 0 Å². The van der Waals surface area contributed by atoms with Crippen LogP contribution in [0.15, 0.2) is 0 Å². The average molecular weight is 279 g/mol. The third-order valence-electron chi connectivity index (χ3n) is 0. The van der Waals surface area contributed by atoms with E-state index in [0.717, 1.165) is 0 Å². The molecule has 0 saturated carbocycles. The molecule has 0 aliphatic heterocycles. The fraction of sp³-hybridized carbons (Fsp3) is 0. The molecule has 0 bridgehead atoms. The van der Waals surface area contributed by atoms with Gasteiger partial charge in [-0.1, -0.05) is 0 Å². The molecule has 0 unspecified atom stereocenters. The summed E-state index contributed by atoms with van der Waals surface area (Å²) in [5.74, 6) is 0. The van der Waals surface area contributed by atoms with Gasteiger partial charge in [-0.3, -0.25) is 0 Å². The van der Waals surface area contributed by atoms with Crippen molar-refractivity contribution in [1.82, 2.24) is 0 Å². The summed E-state index contributed by atoms with van der Waals surface area (Å²) in [5, 5.41) is 0. The maximum absolute atomic E-state index is 8.34. The van der Waals surface area contributed by atoms with Gasteiger partial charge >= 0.3 is 74.5 Å². The molecule has 0 aromatic carbocycles. The van der Waals surface area contributed by atoms with Crippen LogP contribution >= 0.6 is 0 Å². The Bertz CT molecular complexity index is 8.00. The van der Waals surface area contributed by atoms with Gasteiger partial charge in [-0.05, 0) is 0 Å². The van der Waals surface area contributed by atoms with Gasteiger partial charge in [0.2, 0.25) is 0 Å².